The van der Waals surface area contributed by atoms with Gasteiger partial charge < -0.3 is 19.3 Å². The second-order valence-electron chi connectivity index (χ2n) is 2.35. The van der Waals surface area contributed by atoms with Crippen LogP contribution in [0.2, 0.25) is 0 Å². The molecule has 0 saturated carbocycles. The summed E-state index contributed by atoms with van der Waals surface area (Å²) >= 11 is 0. The number of hydrogen-bond donors (Lipinski definition) is 1. The first-order valence-electron chi connectivity index (χ1n) is 4.13. The zero-order chi connectivity index (χ0) is 10.1. The van der Waals surface area contributed by atoms with E-state index in [0.29, 0.717) is 19.8 Å². The van der Waals surface area contributed by atoms with E-state index in [1.807, 2.05) is 0 Å². The van der Waals surface area contributed by atoms with E-state index in [1.165, 1.54) is 0 Å². The van der Waals surface area contributed by atoms with E-state index in [0.717, 1.165) is 0 Å². The van der Waals surface area contributed by atoms with E-state index in [1.54, 1.807) is 14.0 Å². The molecule has 0 radical (unpaired) electrons. The quantitative estimate of drug-likeness (QED) is 0.554. The Bertz CT molecular complexity index is 136. The molecule has 1 N–H and O–H groups in total. The molecule has 1 unspecified atom stereocenters. The molecule has 0 heterocycles. The van der Waals surface area contributed by atoms with Gasteiger partial charge in [0.2, 0.25) is 0 Å². The summed E-state index contributed by atoms with van der Waals surface area (Å²) in [6.07, 6.45) is -0.873. The summed E-state index contributed by atoms with van der Waals surface area (Å²) in [6, 6.07) is 0. The van der Waals surface area contributed by atoms with Crippen molar-refractivity contribution < 1.29 is 24.1 Å². The Morgan fingerprint density at radius 2 is 2.15 bits per heavy atom. The van der Waals surface area contributed by atoms with E-state index < -0.39 is 12.1 Å². The van der Waals surface area contributed by atoms with E-state index in [2.05, 4.69) is 0 Å². The fraction of sp³-hybridized carbons (Fsp3) is 0.875. The zero-order valence-electron chi connectivity index (χ0n) is 7.99. The van der Waals surface area contributed by atoms with Gasteiger partial charge in [-0.1, -0.05) is 0 Å². The van der Waals surface area contributed by atoms with Crippen LogP contribution in [0.3, 0.4) is 0 Å². The topological polar surface area (TPSA) is 65.0 Å². The minimum atomic E-state index is -1.00. The third-order valence-corrected chi connectivity index (χ3v) is 1.34. The Labute approximate surface area is 77.6 Å². The highest BCUT2D eigenvalue weighted by Gasteiger charge is 2.16. The van der Waals surface area contributed by atoms with Crippen molar-refractivity contribution in [1.82, 2.24) is 0 Å². The van der Waals surface area contributed by atoms with Crippen molar-refractivity contribution in [2.75, 3.05) is 33.5 Å². The average molecular weight is 192 g/mol. The van der Waals surface area contributed by atoms with Crippen molar-refractivity contribution in [3.05, 3.63) is 0 Å². The monoisotopic (exact) mass is 192 g/mol. The Balaban J connectivity index is 3.51. The first-order valence-corrected chi connectivity index (χ1v) is 4.13. The van der Waals surface area contributed by atoms with Gasteiger partial charge in [0.1, 0.15) is 0 Å². The van der Waals surface area contributed by atoms with Gasteiger partial charge >= 0.3 is 5.97 Å². The molecule has 0 aromatic carbocycles. The maximum atomic E-state index is 10.5. The number of aliphatic carboxylic acids is 1. The molecule has 5 heteroatoms. The molecular formula is C8H16O5. The van der Waals surface area contributed by atoms with Gasteiger partial charge in [0, 0.05) is 13.7 Å². The molecule has 0 fully saturated rings. The van der Waals surface area contributed by atoms with Crippen LogP contribution in [-0.2, 0) is 19.0 Å². The van der Waals surface area contributed by atoms with Gasteiger partial charge in [-0.15, -0.1) is 0 Å². The Kier molecular flexibility index (Phi) is 7.57. The molecule has 0 amide bonds. The Hall–Kier alpha value is -0.650. The van der Waals surface area contributed by atoms with Gasteiger partial charge in [0.25, 0.3) is 0 Å². The number of hydrogen-bond acceptors (Lipinski definition) is 4. The highest BCUT2D eigenvalue weighted by atomic mass is 16.6. The lowest BCUT2D eigenvalue weighted by molar-refractivity contribution is -0.154. The highest BCUT2D eigenvalue weighted by molar-refractivity contribution is 5.72. The van der Waals surface area contributed by atoms with Crippen LogP contribution in [0, 0.1) is 0 Å². The molecule has 78 valence electrons. The molecule has 13 heavy (non-hydrogen) atoms. The lowest BCUT2D eigenvalue weighted by Gasteiger charge is -2.12. The van der Waals surface area contributed by atoms with Crippen molar-refractivity contribution in [1.29, 1.82) is 0 Å². The average Bonchev–Trinajstić information content (AvgIpc) is 2.10. The number of carboxylic acids is 1. The highest BCUT2D eigenvalue weighted by Crippen LogP contribution is 1.93. The standard InChI is InChI=1S/C8H16O5/c1-3-13-7(8(9)10)6-12-5-4-11-2/h7H,3-6H2,1-2H3,(H,9,10). The van der Waals surface area contributed by atoms with Gasteiger partial charge in [-0.25, -0.2) is 4.79 Å². The number of carboxylic acid groups (broad SMARTS) is 1. The van der Waals surface area contributed by atoms with E-state index >= 15 is 0 Å². The minimum Gasteiger partial charge on any atom is -0.479 e. The van der Waals surface area contributed by atoms with E-state index in [-0.39, 0.29) is 6.61 Å². The lowest BCUT2D eigenvalue weighted by atomic mass is 10.4. The Morgan fingerprint density at radius 1 is 1.46 bits per heavy atom. The van der Waals surface area contributed by atoms with Gasteiger partial charge in [-0.05, 0) is 6.92 Å². The normalized spacial score (nSPS) is 12.8. The summed E-state index contributed by atoms with van der Waals surface area (Å²) in [5.74, 6) is -1.00. The second-order valence-corrected chi connectivity index (χ2v) is 2.35. The molecule has 0 aromatic heterocycles. The second kappa shape index (κ2) is 7.97. The van der Waals surface area contributed by atoms with Crippen LogP contribution in [0.4, 0.5) is 0 Å². The predicted molar refractivity (Wildman–Crippen MR) is 45.7 cm³/mol. The fourth-order valence-corrected chi connectivity index (χ4v) is 0.725. The van der Waals surface area contributed by atoms with Gasteiger partial charge in [0.15, 0.2) is 6.10 Å². The van der Waals surface area contributed by atoms with Crippen LogP contribution in [-0.4, -0.2) is 50.7 Å². The summed E-state index contributed by atoms with van der Waals surface area (Å²) < 4.78 is 14.7. The molecule has 0 aliphatic rings. The maximum Gasteiger partial charge on any atom is 0.335 e. The predicted octanol–water partition coefficient (Wildman–Crippen LogP) is 0.139. The van der Waals surface area contributed by atoms with E-state index in [4.69, 9.17) is 19.3 Å². The van der Waals surface area contributed by atoms with E-state index in [9.17, 15) is 4.79 Å². The minimum absolute atomic E-state index is 0.0620. The van der Waals surface area contributed by atoms with Crippen LogP contribution < -0.4 is 0 Å². The van der Waals surface area contributed by atoms with Crippen LogP contribution in [0.15, 0.2) is 0 Å². The van der Waals surface area contributed by atoms with Crippen molar-refractivity contribution in [3.63, 3.8) is 0 Å². The lowest BCUT2D eigenvalue weighted by Crippen LogP contribution is -2.29. The summed E-state index contributed by atoms with van der Waals surface area (Å²) in [7, 11) is 1.56. The Morgan fingerprint density at radius 3 is 2.62 bits per heavy atom. The molecule has 0 saturated heterocycles. The third kappa shape index (κ3) is 6.51. The zero-order valence-corrected chi connectivity index (χ0v) is 7.99. The molecule has 5 nitrogen and oxygen atoms in total. The summed E-state index contributed by atoms with van der Waals surface area (Å²) in [6.45, 7) is 3.01. The van der Waals surface area contributed by atoms with Gasteiger partial charge in [-0.2, -0.15) is 0 Å². The number of rotatable bonds is 8. The van der Waals surface area contributed by atoms with Crippen LogP contribution in [0.5, 0.6) is 0 Å². The van der Waals surface area contributed by atoms with Gasteiger partial charge in [-0.3, -0.25) is 0 Å². The molecule has 0 rings (SSSR count). The smallest absolute Gasteiger partial charge is 0.335 e. The summed E-state index contributed by atoms with van der Waals surface area (Å²) in [5, 5.41) is 8.62. The summed E-state index contributed by atoms with van der Waals surface area (Å²) in [5.41, 5.74) is 0. The van der Waals surface area contributed by atoms with Crippen LogP contribution >= 0.6 is 0 Å². The molecule has 0 spiro atoms. The van der Waals surface area contributed by atoms with Crippen molar-refractivity contribution >= 4 is 5.97 Å². The largest absolute Gasteiger partial charge is 0.479 e. The maximum absolute atomic E-state index is 10.5. The van der Waals surface area contributed by atoms with Gasteiger partial charge in [0.05, 0.1) is 19.8 Å². The summed E-state index contributed by atoms with van der Waals surface area (Å²) in [4.78, 5) is 10.5. The number of ether oxygens (including phenoxy) is 3. The molecule has 0 aliphatic carbocycles. The van der Waals surface area contributed by atoms with Crippen molar-refractivity contribution in [2.45, 2.75) is 13.0 Å². The SMILES string of the molecule is CCOC(COCCOC)C(=O)O. The first kappa shape index (κ1) is 12.3. The molecule has 0 bridgehead atoms. The number of carbonyl (C=O) groups is 1. The molecule has 0 aromatic rings. The molecule has 1 atom stereocenters. The molecular weight excluding hydrogens is 176 g/mol. The first-order chi connectivity index (χ1) is 6.22. The van der Waals surface area contributed by atoms with Crippen molar-refractivity contribution in [3.8, 4) is 0 Å². The van der Waals surface area contributed by atoms with Crippen molar-refractivity contribution in [2.24, 2.45) is 0 Å². The third-order valence-electron chi connectivity index (χ3n) is 1.34. The molecule has 0 aliphatic heterocycles. The van der Waals surface area contributed by atoms with Crippen LogP contribution in [0.1, 0.15) is 6.92 Å². The fourth-order valence-electron chi connectivity index (χ4n) is 0.725. The number of methoxy groups -OCH3 is 1. The van der Waals surface area contributed by atoms with Crippen LogP contribution in [0.25, 0.3) is 0 Å².